The van der Waals surface area contributed by atoms with Gasteiger partial charge in [0.1, 0.15) is 5.75 Å². The lowest BCUT2D eigenvalue weighted by atomic mass is 10.1. The topological polar surface area (TPSA) is 109 Å². The molecule has 0 heterocycles. The van der Waals surface area contributed by atoms with E-state index in [1.807, 2.05) is 19.9 Å². The minimum absolute atomic E-state index is 0.0114. The van der Waals surface area contributed by atoms with Gasteiger partial charge in [-0.25, -0.2) is 0 Å². The highest BCUT2D eigenvalue weighted by Gasteiger charge is 2.09. The van der Waals surface area contributed by atoms with Crippen molar-refractivity contribution >= 4 is 11.7 Å². The molecule has 0 aliphatic heterocycles. The molecule has 0 aliphatic carbocycles. The van der Waals surface area contributed by atoms with E-state index < -0.39 is 0 Å². The maximum Gasteiger partial charge on any atom is 0.234 e. The third-order valence-corrected chi connectivity index (χ3v) is 2.71. The monoisotopic (exact) mass is 294 g/mol. The van der Waals surface area contributed by atoms with Crippen LogP contribution in [0.15, 0.2) is 23.4 Å². The van der Waals surface area contributed by atoms with Crippen molar-refractivity contribution in [2.45, 2.75) is 26.4 Å². The summed E-state index contributed by atoms with van der Waals surface area (Å²) in [6, 6.07) is 5.43. The van der Waals surface area contributed by atoms with Gasteiger partial charge in [0.25, 0.3) is 0 Å². The lowest BCUT2D eigenvalue weighted by Crippen LogP contribution is -2.37. The molecule has 0 saturated heterocycles. The molecule has 7 heteroatoms. The van der Waals surface area contributed by atoms with Gasteiger partial charge in [-0.3, -0.25) is 4.79 Å². The average molecular weight is 294 g/mol. The molecular formula is C14H22N4O3. The summed E-state index contributed by atoms with van der Waals surface area (Å²) in [5.41, 5.74) is 7.00. The molecule has 5 N–H and O–H groups in total. The third kappa shape index (κ3) is 5.31. The molecular weight excluding hydrogens is 272 g/mol. The van der Waals surface area contributed by atoms with Crippen molar-refractivity contribution in [3.05, 3.63) is 29.3 Å². The zero-order valence-corrected chi connectivity index (χ0v) is 12.5. The van der Waals surface area contributed by atoms with Crippen LogP contribution in [0.3, 0.4) is 0 Å². The van der Waals surface area contributed by atoms with Gasteiger partial charge in [-0.2, -0.15) is 0 Å². The van der Waals surface area contributed by atoms with E-state index in [1.165, 1.54) is 7.11 Å². The quantitative estimate of drug-likeness (QED) is 0.252. The zero-order chi connectivity index (χ0) is 15.8. The summed E-state index contributed by atoms with van der Waals surface area (Å²) in [5, 5.41) is 17.5. The van der Waals surface area contributed by atoms with Crippen LogP contribution in [0.4, 0.5) is 0 Å². The van der Waals surface area contributed by atoms with Crippen molar-refractivity contribution < 1.29 is 14.7 Å². The molecule has 116 valence electrons. The molecule has 1 aromatic rings. The molecule has 0 aromatic heterocycles. The summed E-state index contributed by atoms with van der Waals surface area (Å²) >= 11 is 0. The smallest absolute Gasteiger partial charge is 0.234 e. The normalized spacial score (nSPS) is 11.5. The first kappa shape index (κ1) is 16.8. The third-order valence-electron chi connectivity index (χ3n) is 2.71. The van der Waals surface area contributed by atoms with Crippen LogP contribution in [-0.2, 0) is 11.3 Å². The second-order valence-electron chi connectivity index (χ2n) is 4.85. The summed E-state index contributed by atoms with van der Waals surface area (Å²) in [6.45, 7) is 4.57. The Morgan fingerprint density at radius 2 is 2.19 bits per heavy atom. The standard InChI is InChI=1S/C14H22N4O3/c1-9(2)17-13(19)8-16-7-10-4-5-11(14(15)18-20)12(6-10)21-3/h4-6,9,16,20H,7-8H2,1-3H3,(H2,15,18)(H,17,19). The Bertz CT molecular complexity index is 515. The number of nitrogens with one attached hydrogen (secondary N) is 2. The van der Waals surface area contributed by atoms with Crippen molar-refractivity contribution in [3.63, 3.8) is 0 Å². The molecule has 1 rings (SSSR count). The fourth-order valence-corrected chi connectivity index (χ4v) is 1.80. The predicted molar refractivity (Wildman–Crippen MR) is 80.5 cm³/mol. The number of benzene rings is 1. The van der Waals surface area contributed by atoms with E-state index in [-0.39, 0.29) is 24.3 Å². The van der Waals surface area contributed by atoms with Gasteiger partial charge in [-0.05, 0) is 31.5 Å². The number of hydrogen-bond donors (Lipinski definition) is 4. The predicted octanol–water partition coefficient (Wildman–Crippen LogP) is 0.404. The number of amidine groups is 1. The molecule has 0 saturated carbocycles. The van der Waals surface area contributed by atoms with Gasteiger partial charge >= 0.3 is 0 Å². The molecule has 7 nitrogen and oxygen atoms in total. The minimum atomic E-state index is -0.0507. The Hall–Kier alpha value is -2.28. The van der Waals surface area contributed by atoms with E-state index in [9.17, 15) is 4.79 Å². The number of carbonyl (C=O) groups excluding carboxylic acids is 1. The van der Waals surface area contributed by atoms with Gasteiger partial charge < -0.3 is 26.3 Å². The molecule has 0 aliphatic rings. The SMILES string of the molecule is COc1cc(CNCC(=O)NC(C)C)ccc1/C(N)=N/O. The fraction of sp³-hybridized carbons (Fsp3) is 0.429. The second-order valence-corrected chi connectivity index (χ2v) is 4.85. The van der Waals surface area contributed by atoms with Gasteiger partial charge in [0.15, 0.2) is 5.84 Å². The zero-order valence-electron chi connectivity index (χ0n) is 12.5. The second kappa shape index (κ2) is 8.11. The van der Waals surface area contributed by atoms with Crippen LogP contribution in [0.25, 0.3) is 0 Å². The van der Waals surface area contributed by atoms with Crippen molar-refractivity contribution in [3.8, 4) is 5.75 Å². The highest BCUT2D eigenvalue weighted by Crippen LogP contribution is 2.19. The average Bonchev–Trinajstić information content (AvgIpc) is 2.45. The Morgan fingerprint density at radius 1 is 1.48 bits per heavy atom. The lowest BCUT2D eigenvalue weighted by molar-refractivity contribution is -0.120. The van der Waals surface area contributed by atoms with Gasteiger partial charge in [-0.1, -0.05) is 11.2 Å². The maximum atomic E-state index is 11.5. The lowest BCUT2D eigenvalue weighted by Gasteiger charge is -2.11. The summed E-state index contributed by atoms with van der Waals surface area (Å²) < 4.78 is 5.21. The number of hydrogen-bond acceptors (Lipinski definition) is 5. The first-order chi connectivity index (χ1) is 9.97. The van der Waals surface area contributed by atoms with E-state index in [4.69, 9.17) is 15.7 Å². The Morgan fingerprint density at radius 3 is 2.76 bits per heavy atom. The van der Waals surface area contributed by atoms with Crippen LogP contribution < -0.4 is 21.1 Å². The van der Waals surface area contributed by atoms with Crippen LogP contribution in [0, 0.1) is 0 Å². The number of methoxy groups -OCH3 is 1. The van der Waals surface area contributed by atoms with Crippen molar-refractivity contribution in [1.29, 1.82) is 0 Å². The molecule has 1 aromatic carbocycles. The van der Waals surface area contributed by atoms with E-state index in [0.717, 1.165) is 5.56 Å². The largest absolute Gasteiger partial charge is 0.496 e. The molecule has 0 radical (unpaired) electrons. The maximum absolute atomic E-state index is 11.5. The van der Waals surface area contributed by atoms with Gasteiger partial charge in [0.2, 0.25) is 5.91 Å². The Kier molecular flexibility index (Phi) is 6.48. The molecule has 0 bridgehead atoms. The number of oxime groups is 1. The summed E-state index contributed by atoms with van der Waals surface area (Å²) in [5.74, 6) is 0.448. The molecule has 0 spiro atoms. The molecule has 0 atom stereocenters. The minimum Gasteiger partial charge on any atom is -0.496 e. The first-order valence-corrected chi connectivity index (χ1v) is 6.62. The summed E-state index contributed by atoms with van der Waals surface area (Å²) in [4.78, 5) is 11.5. The van der Waals surface area contributed by atoms with Crippen LogP contribution in [0.2, 0.25) is 0 Å². The van der Waals surface area contributed by atoms with Crippen LogP contribution in [0.1, 0.15) is 25.0 Å². The van der Waals surface area contributed by atoms with Gasteiger partial charge in [0.05, 0.1) is 19.2 Å². The van der Waals surface area contributed by atoms with Gasteiger partial charge in [-0.15, -0.1) is 0 Å². The Balaban J connectivity index is 2.63. The number of amides is 1. The Labute approximate surface area is 124 Å². The highest BCUT2D eigenvalue weighted by atomic mass is 16.5. The van der Waals surface area contributed by atoms with Crippen molar-refractivity contribution in [2.24, 2.45) is 10.9 Å². The van der Waals surface area contributed by atoms with E-state index in [2.05, 4.69) is 15.8 Å². The molecule has 21 heavy (non-hydrogen) atoms. The fourth-order valence-electron chi connectivity index (χ4n) is 1.80. The highest BCUT2D eigenvalue weighted by molar-refractivity contribution is 5.99. The molecule has 1 amide bonds. The van der Waals surface area contributed by atoms with E-state index in [0.29, 0.717) is 17.9 Å². The van der Waals surface area contributed by atoms with Crippen LogP contribution in [0.5, 0.6) is 5.75 Å². The summed E-state index contributed by atoms with van der Waals surface area (Å²) in [6.07, 6.45) is 0. The summed E-state index contributed by atoms with van der Waals surface area (Å²) in [7, 11) is 1.51. The number of nitrogens with zero attached hydrogens (tertiary/aromatic N) is 1. The number of rotatable bonds is 7. The first-order valence-electron chi connectivity index (χ1n) is 6.62. The van der Waals surface area contributed by atoms with Crippen LogP contribution in [-0.4, -0.2) is 36.6 Å². The van der Waals surface area contributed by atoms with E-state index in [1.54, 1.807) is 12.1 Å². The number of ether oxygens (including phenoxy) is 1. The number of nitrogens with two attached hydrogens (primary N) is 1. The van der Waals surface area contributed by atoms with Crippen molar-refractivity contribution in [2.75, 3.05) is 13.7 Å². The molecule has 0 fully saturated rings. The number of carbonyl (C=O) groups is 1. The van der Waals surface area contributed by atoms with E-state index >= 15 is 0 Å². The van der Waals surface area contributed by atoms with Crippen LogP contribution >= 0.6 is 0 Å². The van der Waals surface area contributed by atoms with Crippen molar-refractivity contribution in [1.82, 2.24) is 10.6 Å². The molecule has 0 unspecified atom stereocenters. The van der Waals surface area contributed by atoms with Gasteiger partial charge in [0, 0.05) is 12.6 Å².